The SMILES string of the molecule is COc1ccc(C(OC(OC(c2ccccc2)c2ccc(OC)cc2)[C@@H]2O[C@@H](n3cnc4c(NC(=O)c5ccccc5)ncnc43)[C@@H](F)[C@@H]2OP(=O)(OCCC#N)OC[C@H]2O[C@@H](n3cnc4c(=O)[nH]c(NC(=O)C(C)C)nc43)[C@H](O[PH](=O)O)[C@@H]2F)c2ccccc2)cc1. The topological polar surface area (TPSA) is 336 Å². The minimum atomic E-state index is -5.43. The number of rotatable bonds is 27. The maximum Gasteiger partial charge on any atom is 0.475 e. The van der Waals surface area contributed by atoms with Crippen LogP contribution in [-0.2, 0) is 51.0 Å². The number of ether oxygens (including phenoxy) is 6. The van der Waals surface area contributed by atoms with Crippen LogP contribution in [0.3, 0.4) is 0 Å². The third-order valence-corrected chi connectivity index (χ3v) is 17.0. The van der Waals surface area contributed by atoms with Gasteiger partial charge in [0, 0.05) is 11.5 Å². The average molecular weight is 1320 g/mol. The van der Waals surface area contributed by atoms with E-state index in [0.717, 1.165) is 17.2 Å². The number of halogens is 2. The summed E-state index contributed by atoms with van der Waals surface area (Å²) in [4.78, 5) is 73.5. The van der Waals surface area contributed by atoms with Gasteiger partial charge >= 0.3 is 16.1 Å². The first kappa shape index (κ1) is 65.5. The Hall–Kier alpha value is -9.01. The predicted molar refractivity (Wildman–Crippen MR) is 328 cm³/mol. The Morgan fingerprint density at radius 3 is 1.87 bits per heavy atom. The number of hydrogen-bond acceptors (Lipinski definition) is 21. The second-order valence-corrected chi connectivity index (χ2v) is 23.8. The molecule has 9 aromatic rings. The maximum atomic E-state index is 18.8. The molecule has 2 saturated heterocycles. The normalized spacial score (nSPS) is 21.6. The fraction of sp³-hybridized carbons (Fsp3) is 0.306. The van der Waals surface area contributed by atoms with Gasteiger partial charge in [-0.3, -0.25) is 56.5 Å². The summed E-state index contributed by atoms with van der Waals surface area (Å²) in [6, 6.07) is 41.9. The molecule has 93 heavy (non-hydrogen) atoms. The standard InChI is InChI=1S/C62H61F2N11O16P2/c1-35(2)56(76)72-62-71-55-47(58(78)73-62)69-34-75(55)60-51(90-92(79)80)44(63)43(86-60)31-85-93(81,84-30-14-29-65)91-50-45(64)59(74-33-68-46-53(66-32-67-54(46)74)70-57(77)40-19-12-7-13-20-40)87-52(50)61(88-48(36-15-8-5-9-16-36)38-21-25-41(82-3)26-22-38)89-49(37-17-10-6-11-18-37)39-23-27-42(83-4)28-24-39/h5-13,15-28,32-35,43-45,48-52,59-61,92H,14,30-31H2,1-4H3,(H,79,80)(H,66,67,70,77)(H2,71,72,73,76,78)/t43-,44-,45+,48?,49?,50+,51-,52-,59-,60-,61?,93?/m1/s1. The second-order valence-electron chi connectivity index (χ2n) is 21.4. The zero-order chi connectivity index (χ0) is 65.3. The maximum absolute atomic E-state index is 18.8. The number of anilines is 2. The monoisotopic (exact) mass is 1320 g/mol. The molecular weight excluding hydrogens is 1250 g/mol. The fourth-order valence-electron chi connectivity index (χ4n) is 10.4. The van der Waals surface area contributed by atoms with Crippen LogP contribution in [-0.4, -0.2) is 126 Å². The molecule has 31 heteroatoms. The second kappa shape index (κ2) is 29.3. The molecule has 2 amide bonds. The Bertz CT molecular complexity index is 4140. The lowest BCUT2D eigenvalue weighted by Gasteiger charge is -2.35. The van der Waals surface area contributed by atoms with Crippen molar-refractivity contribution in [2.24, 2.45) is 5.92 Å². The van der Waals surface area contributed by atoms with E-state index in [0.29, 0.717) is 39.3 Å². The molecule has 0 saturated carbocycles. The lowest BCUT2D eigenvalue weighted by molar-refractivity contribution is -0.246. The van der Waals surface area contributed by atoms with E-state index in [4.69, 9.17) is 46.5 Å². The molecular formula is C62H61F2N11O16P2. The van der Waals surface area contributed by atoms with E-state index in [-0.39, 0.29) is 34.1 Å². The summed E-state index contributed by atoms with van der Waals surface area (Å²) >= 11 is 0. The number of H-pyrrole nitrogens is 1. The van der Waals surface area contributed by atoms with Crippen LogP contribution < -0.4 is 25.7 Å². The Morgan fingerprint density at radius 2 is 1.30 bits per heavy atom. The van der Waals surface area contributed by atoms with Gasteiger partial charge in [-0.2, -0.15) is 10.2 Å². The van der Waals surface area contributed by atoms with Gasteiger partial charge in [0.25, 0.3) is 11.5 Å². The highest BCUT2D eigenvalue weighted by atomic mass is 31.2. The van der Waals surface area contributed by atoms with Crippen molar-refractivity contribution in [3.05, 3.63) is 197 Å². The van der Waals surface area contributed by atoms with Gasteiger partial charge in [0.2, 0.25) is 11.9 Å². The van der Waals surface area contributed by atoms with Crippen molar-refractivity contribution in [1.29, 1.82) is 5.26 Å². The van der Waals surface area contributed by atoms with E-state index in [9.17, 15) is 29.1 Å². The first-order chi connectivity index (χ1) is 45.0. The molecule has 27 nitrogen and oxygen atoms in total. The Balaban J connectivity index is 1.01. The summed E-state index contributed by atoms with van der Waals surface area (Å²) in [6.07, 6.45) is -17.5. The number of nitriles is 1. The Labute approximate surface area is 529 Å². The molecule has 0 spiro atoms. The average Bonchev–Trinajstić information content (AvgIpc) is 1.69. The van der Waals surface area contributed by atoms with E-state index in [1.807, 2.05) is 6.07 Å². The van der Waals surface area contributed by atoms with Crippen LogP contribution in [0, 0.1) is 17.2 Å². The van der Waals surface area contributed by atoms with Gasteiger partial charge in [-0.05, 0) is 58.7 Å². The van der Waals surface area contributed by atoms with Gasteiger partial charge in [0.1, 0.15) is 54.5 Å². The molecule has 2 aliphatic heterocycles. The molecule has 4 aromatic heterocycles. The predicted octanol–water partition coefficient (Wildman–Crippen LogP) is 9.44. The van der Waals surface area contributed by atoms with Crippen molar-refractivity contribution in [3.8, 4) is 17.6 Å². The smallest absolute Gasteiger partial charge is 0.475 e. The number of nitrogens with one attached hydrogen (secondary N) is 3. The van der Waals surface area contributed by atoms with Gasteiger partial charge in [-0.1, -0.05) is 117 Å². The molecule has 4 unspecified atom stereocenters. The molecule has 484 valence electrons. The number of methoxy groups -OCH3 is 2. The number of nitrogens with zero attached hydrogens (tertiary/aromatic N) is 8. The number of imidazole rings is 2. The fourth-order valence-corrected chi connectivity index (χ4v) is 12.3. The highest BCUT2D eigenvalue weighted by molar-refractivity contribution is 7.48. The Kier molecular flexibility index (Phi) is 20.6. The van der Waals surface area contributed by atoms with E-state index in [1.165, 1.54) is 25.1 Å². The number of aromatic amines is 1. The molecule has 0 bridgehead atoms. The van der Waals surface area contributed by atoms with E-state index in [2.05, 4.69) is 40.5 Å². The van der Waals surface area contributed by atoms with Crippen molar-refractivity contribution < 1.29 is 78.9 Å². The van der Waals surface area contributed by atoms with E-state index >= 15 is 13.3 Å². The van der Waals surface area contributed by atoms with Gasteiger partial charge in [0.15, 0.2) is 59.2 Å². The van der Waals surface area contributed by atoms with Gasteiger partial charge in [-0.15, -0.1) is 0 Å². The number of carbonyl (C=O) groups excluding carboxylic acids is 2. The van der Waals surface area contributed by atoms with E-state index < -0.39 is 127 Å². The molecule has 5 aromatic carbocycles. The number of carbonyl (C=O) groups is 2. The summed E-state index contributed by atoms with van der Waals surface area (Å²) in [5.41, 5.74) is 1.06. The summed E-state index contributed by atoms with van der Waals surface area (Å²) in [5.74, 6) is -0.957. The van der Waals surface area contributed by atoms with Crippen LogP contribution in [0.1, 0.15) is 77.5 Å². The van der Waals surface area contributed by atoms with Crippen LogP contribution in [0.5, 0.6) is 11.5 Å². The minimum Gasteiger partial charge on any atom is -0.497 e. The molecule has 2 aliphatic rings. The largest absolute Gasteiger partial charge is 0.497 e. The molecule has 11 rings (SSSR count). The van der Waals surface area contributed by atoms with Crippen molar-refractivity contribution in [2.75, 3.05) is 38.1 Å². The molecule has 0 radical (unpaired) electrons. The molecule has 0 aliphatic carbocycles. The third-order valence-electron chi connectivity index (χ3n) is 15.0. The lowest BCUT2D eigenvalue weighted by atomic mass is 10.00. The van der Waals surface area contributed by atoms with Crippen LogP contribution in [0.2, 0.25) is 0 Å². The molecule has 12 atom stereocenters. The van der Waals surface area contributed by atoms with Gasteiger partial charge in [-0.25, -0.2) is 33.3 Å². The van der Waals surface area contributed by atoms with Crippen molar-refractivity contribution in [2.45, 2.75) is 88.0 Å². The van der Waals surface area contributed by atoms with Crippen molar-refractivity contribution >= 4 is 62.0 Å². The van der Waals surface area contributed by atoms with Crippen LogP contribution in [0.25, 0.3) is 22.3 Å². The van der Waals surface area contributed by atoms with E-state index in [1.54, 1.807) is 153 Å². The van der Waals surface area contributed by atoms with Crippen LogP contribution in [0.4, 0.5) is 20.5 Å². The number of amides is 2. The summed E-state index contributed by atoms with van der Waals surface area (Å²) in [7, 11) is -6.40. The number of phosphoric ester groups is 1. The highest BCUT2D eigenvalue weighted by Gasteiger charge is 2.57. The first-order valence-corrected chi connectivity index (χ1v) is 31.7. The van der Waals surface area contributed by atoms with Crippen LogP contribution in [0.15, 0.2) is 163 Å². The summed E-state index contributed by atoms with van der Waals surface area (Å²) < 4.78 is 128. The number of phosphoric acid groups is 1. The number of hydrogen-bond donors (Lipinski definition) is 4. The highest BCUT2D eigenvalue weighted by Crippen LogP contribution is 2.56. The van der Waals surface area contributed by atoms with Gasteiger partial charge < -0.3 is 38.6 Å². The Morgan fingerprint density at radius 1 is 0.731 bits per heavy atom. The summed E-state index contributed by atoms with van der Waals surface area (Å²) in [5, 5.41) is 14.9. The zero-order valence-corrected chi connectivity index (χ0v) is 51.8. The molecule has 4 N–H and O–H groups in total. The third kappa shape index (κ3) is 14.8. The first-order valence-electron chi connectivity index (χ1n) is 29.0. The zero-order valence-electron chi connectivity index (χ0n) is 49.9. The molecule has 6 heterocycles. The number of aromatic nitrogens is 8. The molecule has 2 fully saturated rings. The van der Waals surface area contributed by atoms with Crippen LogP contribution >= 0.6 is 16.1 Å². The quantitative estimate of drug-likeness (QED) is 0.0211. The minimum absolute atomic E-state index is 0.00215. The number of benzene rings is 5. The number of alkyl halides is 2. The van der Waals surface area contributed by atoms with Crippen molar-refractivity contribution in [3.63, 3.8) is 0 Å². The lowest BCUT2D eigenvalue weighted by Crippen LogP contribution is -2.43. The van der Waals surface area contributed by atoms with Crippen molar-refractivity contribution in [1.82, 2.24) is 39.0 Å². The number of fused-ring (bicyclic) bond motifs is 2. The van der Waals surface area contributed by atoms with Gasteiger partial charge in [0.05, 0.1) is 52.6 Å². The summed E-state index contributed by atoms with van der Waals surface area (Å²) in [6.45, 7) is 1.43.